The molecule has 1 aliphatic rings. The van der Waals surface area contributed by atoms with Crippen LogP contribution in [0.5, 0.6) is 11.5 Å². The van der Waals surface area contributed by atoms with E-state index in [1.165, 1.54) is 27.9 Å². The molecule has 2 unspecified atom stereocenters. The Morgan fingerprint density at radius 3 is 2.64 bits per heavy atom. The van der Waals surface area contributed by atoms with Crippen LogP contribution in [0.1, 0.15) is 49.2 Å². The number of hydrogen-bond donors (Lipinski definition) is 2. The number of phenolic OH excluding ortho intramolecular Hbond substituents is 1. The Labute approximate surface area is 146 Å². The first kappa shape index (κ1) is 19.1. The molecule has 2 rings (SSSR count). The molecule has 1 aromatic rings. The topological polar surface area (TPSA) is 102 Å². The summed E-state index contributed by atoms with van der Waals surface area (Å²) in [4.78, 5) is 23.5. The van der Waals surface area contributed by atoms with E-state index in [0.717, 1.165) is 0 Å². The van der Waals surface area contributed by atoms with Crippen LogP contribution in [0, 0.1) is 0 Å². The standard InChI is InChI=1S/C18H24O7/c1-9-6-11-7-13(23-5)12(16(20)15(11)17(21)24-9)8-14(18(3,4)22)25-10(2)19/h7,9,14,20,22H,6,8H2,1-5H3. The predicted molar refractivity (Wildman–Crippen MR) is 88.8 cm³/mol. The maximum Gasteiger partial charge on any atom is 0.342 e. The van der Waals surface area contributed by atoms with E-state index in [4.69, 9.17) is 14.2 Å². The number of esters is 2. The molecule has 2 N–H and O–H groups in total. The van der Waals surface area contributed by atoms with Gasteiger partial charge in [-0.3, -0.25) is 4.79 Å². The van der Waals surface area contributed by atoms with Crippen molar-refractivity contribution in [2.45, 2.75) is 58.3 Å². The summed E-state index contributed by atoms with van der Waals surface area (Å²) in [5, 5.41) is 20.9. The van der Waals surface area contributed by atoms with Gasteiger partial charge in [-0.25, -0.2) is 4.79 Å². The van der Waals surface area contributed by atoms with E-state index in [2.05, 4.69) is 0 Å². The van der Waals surface area contributed by atoms with E-state index in [1.807, 2.05) is 0 Å². The predicted octanol–water partition coefficient (Wildman–Crippen LogP) is 1.75. The van der Waals surface area contributed by atoms with Crippen LogP contribution in [0.15, 0.2) is 6.07 Å². The maximum atomic E-state index is 12.2. The molecule has 0 aliphatic carbocycles. The summed E-state index contributed by atoms with van der Waals surface area (Å²) in [6.07, 6.45) is -0.778. The van der Waals surface area contributed by atoms with Crippen molar-refractivity contribution in [3.8, 4) is 11.5 Å². The minimum absolute atomic E-state index is 0.0196. The third-order valence-electron chi connectivity index (χ3n) is 4.17. The lowest BCUT2D eigenvalue weighted by molar-refractivity contribution is -0.159. The zero-order chi connectivity index (χ0) is 18.9. The molecule has 0 saturated carbocycles. The lowest BCUT2D eigenvalue weighted by Crippen LogP contribution is -2.41. The Morgan fingerprint density at radius 1 is 1.48 bits per heavy atom. The quantitative estimate of drug-likeness (QED) is 0.778. The Kier molecular flexibility index (Phi) is 5.27. The molecule has 25 heavy (non-hydrogen) atoms. The summed E-state index contributed by atoms with van der Waals surface area (Å²) in [6, 6.07) is 1.68. The van der Waals surface area contributed by atoms with Crippen molar-refractivity contribution in [3.05, 3.63) is 22.8 Å². The number of hydrogen-bond acceptors (Lipinski definition) is 7. The molecule has 0 radical (unpaired) electrons. The molecular weight excluding hydrogens is 328 g/mol. The lowest BCUT2D eigenvalue weighted by atomic mass is 9.89. The smallest absolute Gasteiger partial charge is 0.342 e. The van der Waals surface area contributed by atoms with Crippen LogP contribution in [0.3, 0.4) is 0 Å². The molecule has 1 heterocycles. The maximum absolute atomic E-state index is 12.2. The van der Waals surface area contributed by atoms with E-state index in [9.17, 15) is 19.8 Å². The van der Waals surface area contributed by atoms with Crippen LogP contribution in [0.25, 0.3) is 0 Å². The average molecular weight is 352 g/mol. The lowest BCUT2D eigenvalue weighted by Gasteiger charge is -2.30. The number of methoxy groups -OCH3 is 1. The molecule has 0 bridgehead atoms. The number of aromatic hydroxyl groups is 1. The third kappa shape index (κ3) is 4.04. The molecule has 7 nitrogen and oxygen atoms in total. The fraction of sp³-hybridized carbons (Fsp3) is 0.556. The van der Waals surface area contributed by atoms with Gasteiger partial charge in [-0.05, 0) is 32.4 Å². The zero-order valence-electron chi connectivity index (χ0n) is 15.1. The number of carbonyl (C=O) groups is 2. The number of benzene rings is 1. The Bertz CT molecular complexity index is 688. The number of ether oxygens (including phenoxy) is 3. The fourth-order valence-corrected chi connectivity index (χ4v) is 2.92. The van der Waals surface area contributed by atoms with Crippen molar-refractivity contribution in [2.24, 2.45) is 0 Å². The first-order chi connectivity index (χ1) is 11.5. The number of carbonyl (C=O) groups excluding carboxylic acids is 2. The van der Waals surface area contributed by atoms with Gasteiger partial charge in [0, 0.05) is 25.3 Å². The summed E-state index contributed by atoms with van der Waals surface area (Å²) in [6.45, 7) is 6.00. The summed E-state index contributed by atoms with van der Waals surface area (Å²) >= 11 is 0. The van der Waals surface area contributed by atoms with Gasteiger partial charge in [-0.2, -0.15) is 0 Å². The summed E-state index contributed by atoms with van der Waals surface area (Å²) < 4.78 is 15.7. The molecule has 0 saturated heterocycles. The van der Waals surface area contributed by atoms with Gasteiger partial charge in [0.25, 0.3) is 0 Å². The largest absolute Gasteiger partial charge is 0.507 e. The van der Waals surface area contributed by atoms with E-state index < -0.39 is 23.6 Å². The van der Waals surface area contributed by atoms with Crippen molar-refractivity contribution in [2.75, 3.05) is 7.11 Å². The molecule has 0 fully saturated rings. The fourth-order valence-electron chi connectivity index (χ4n) is 2.92. The Hall–Kier alpha value is -2.28. The van der Waals surface area contributed by atoms with Gasteiger partial charge in [0.2, 0.25) is 0 Å². The van der Waals surface area contributed by atoms with Gasteiger partial charge >= 0.3 is 11.9 Å². The van der Waals surface area contributed by atoms with Gasteiger partial charge in [-0.15, -0.1) is 0 Å². The second kappa shape index (κ2) is 6.92. The van der Waals surface area contributed by atoms with Crippen molar-refractivity contribution in [1.82, 2.24) is 0 Å². The van der Waals surface area contributed by atoms with E-state index in [1.54, 1.807) is 13.0 Å². The zero-order valence-corrected chi connectivity index (χ0v) is 15.1. The van der Waals surface area contributed by atoms with Gasteiger partial charge < -0.3 is 24.4 Å². The highest BCUT2D eigenvalue weighted by atomic mass is 16.6. The number of fused-ring (bicyclic) bond motifs is 1. The molecule has 138 valence electrons. The van der Waals surface area contributed by atoms with Crippen LogP contribution < -0.4 is 4.74 Å². The third-order valence-corrected chi connectivity index (χ3v) is 4.17. The number of phenols is 1. The minimum atomic E-state index is -1.35. The van der Waals surface area contributed by atoms with Crippen molar-refractivity contribution in [1.29, 1.82) is 0 Å². The summed E-state index contributed by atoms with van der Waals surface area (Å²) in [5.74, 6) is -1.08. The Morgan fingerprint density at radius 2 is 2.12 bits per heavy atom. The highest BCUT2D eigenvalue weighted by molar-refractivity contribution is 5.96. The van der Waals surface area contributed by atoms with Crippen molar-refractivity contribution in [3.63, 3.8) is 0 Å². The molecular formula is C18H24O7. The molecule has 1 aromatic carbocycles. The van der Waals surface area contributed by atoms with Crippen LogP contribution in [0.4, 0.5) is 0 Å². The second-order valence-electron chi connectivity index (χ2n) is 6.82. The molecule has 7 heteroatoms. The van der Waals surface area contributed by atoms with Gasteiger partial charge in [0.15, 0.2) is 0 Å². The first-order valence-electron chi connectivity index (χ1n) is 8.06. The molecule has 1 aliphatic heterocycles. The number of aliphatic hydroxyl groups is 1. The van der Waals surface area contributed by atoms with E-state index in [0.29, 0.717) is 17.7 Å². The Balaban J connectivity index is 2.51. The van der Waals surface area contributed by atoms with Gasteiger partial charge in [0.1, 0.15) is 29.3 Å². The van der Waals surface area contributed by atoms with Crippen LogP contribution in [-0.2, 0) is 27.1 Å². The highest BCUT2D eigenvalue weighted by Crippen LogP contribution is 2.39. The highest BCUT2D eigenvalue weighted by Gasteiger charge is 2.35. The summed E-state index contributed by atoms with van der Waals surface area (Å²) in [5.41, 5.74) is -0.352. The second-order valence-corrected chi connectivity index (χ2v) is 6.82. The minimum Gasteiger partial charge on any atom is -0.507 e. The number of cyclic esters (lactones) is 1. The first-order valence-corrected chi connectivity index (χ1v) is 8.06. The molecule has 0 amide bonds. The summed E-state index contributed by atoms with van der Waals surface area (Å²) in [7, 11) is 1.44. The SMILES string of the molecule is COc1cc2c(c(O)c1CC(OC(C)=O)C(C)(C)O)C(=O)OC(C)C2. The normalized spacial score (nSPS) is 18.2. The van der Waals surface area contributed by atoms with Gasteiger partial charge in [-0.1, -0.05) is 0 Å². The van der Waals surface area contributed by atoms with Crippen molar-refractivity contribution >= 4 is 11.9 Å². The van der Waals surface area contributed by atoms with Crippen LogP contribution in [0.2, 0.25) is 0 Å². The monoisotopic (exact) mass is 352 g/mol. The number of rotatable bonds is 5. The average Bonchev–Trinajstić information content (AvgIpc) is 2.46. The molecule has 0 spiro atoms. The molecule has 2 atom stereocenters. The molecule has 0 aromatic heterocycles. The van der Waals surface area contributed by atoms with Gasteiger partial charge in [0.05, 0.1) is 12.7 Å². The van der Waals surface area contributed by atoms with Crippen LogP contribution in [-0.4, -0.2) is 47.1 Å². The van der Waals surface area contributed by atoms with E-state index >= 15 is 0 Å². The van der Waals surface area contributed by atoms with E-state index in [-0.39, 0.29) is 29.4 Å². The van der Waals surface area contributed by atoms with Crippen molar-refractivity contribution < 1.29 is 34.0 Å². The van der Waals surface area contributed by atoms with Crippen LogP contribution >= 0.6 is 0 Å².